The van der Waals surface area contributed by atoms with Crippen LogP contribution in [-0.4, -0.2) is 57.0 Å². The molecule has 0 spiro atoms. The van der Waals surface area contributed by atoms with Crippen molar-refractivity contribution in [3.63, 3.8) is 0 Å². The maximum atomic E-state index is 13.5. The molecule has 3 aromatic rings. The van der Waals surface area contributed by atoms with Crippen molar-refractivity contribution in [2.24, 2.45) is 0 Å². The molecule has 0 fully saturated rings. The van der Waals surface area contributed by atoms with E-state index in [9.17, 15) is 14.4 Å². The average Bonchev–Trinajstić information content (AvgIpc) is 2.88. The van der Waals surface area contributed by atoms with Crippen molar-refractivity contribution in [3.8, 4) is 11.5 Å². The first-order chi connectivity index (χ1) is 16.8. The minimum absolute atomic E-state index is 0.111. The van der Waals surface area contributed by atoms with Crippen molar-refractivity contribution in [2.45, 2.75) is 20.3 Å². The Morgan fingerprint density at radius 2 is 1.74 bits per heavy atom. The van der Waals surface area contributed by atoms with Gasteiger partial charge in [-0.1, -0.05) is 25.4 Å². The van der Waals surface area contributed by atoms with Crippen molar-refractivity contribution in [1.29, 1.82) is 0 Å². The predicted molar refractivity (Wildman–Crippen MR) is 135 cm³/mol. The molecule has 0 atom stereocenters. The van der Waals surface area contributed by atoms with E-state index in [2.05, 4.69) is 24.1 Å². The largest absolute Gasteiger partial charge is 0.493 e. The minimum atomic E-state index is -0.671. The second-order valence-electron chi connectivity index (χ2n) is 7.81. The number of methoxy groups -OCH3 is 2. The van der Waals surface area contributed by atoms with Crippen molar-refractivity contribution >= 4 is 34.3 Å². The van der Waals surface area contributed by atoms with Crippen molar-refractivity contribution in [1.82, 2.24) is 10.2 Å². The van der Waals surface area contributed by atoms with Crippen LogP contribution in [0.3, 0.4) is 0 Å². The van der Waals surface area contributed by atoms with Crippen LogP contribution in [-0.2, 0) is 0 Å². The topological polar surface area (TPSA) is 98.1 Å². The summed E-state index contributed by atoms with van der Waals surface area (Å²) in [5.41, 5.74) is -0.696. The molecule has 9 heteroatoms. The fourth-order valence-electron chi connectivity index (χ4n) is 3.78. The van der Waals surface area contributed by atoms with Gasteiger partial charge in [-0.25, -0.2) is 0 Å². The Labute approximate surface area is 208 Å². The number of hydrogen-bond donors (Lipinski definition) is 1. The van der Waals surface area contributed by atoms with Gasteiger partial charge in [0, 0.05) is 17.1 Å². The zero-order chi connectivity index (χ0) is 25.5. The normalized spacial score (nSPS) is 11.0. The fourth-order valence-corrected chi connectivity index (χ4v) is 3.95. The summed E-state index contributed by atoms with van der Waals surface area (Å²) in [5, 5.41) is 3.19. The number of ketones is 1. The Hall–Kier alpha value is -3.36. The molecule has 3 rings (SSSR count). The number of nitrogens with one attached hydrogen (secondary N) is 1. The third-order valence-corrected chi connectivity index (χ3v) is 6.00. The fraction of sp³-hybridized carbons (Fsp3) is 0.346. The quantitative estimate of drug-likeness (QED) is 0.312. The van der Waals surface area contributed by atoms with Gasteiger partial charge in [-0.3, -0.25) is 14.4 Å². The summed E-state index contributed by atoms with van der Waals surface area (Å²) in [4.78, 5) is 42.2. The van der Waals surface area contributed by atoms with E-state index < -0.39 is 17.1 Å². The standard InChI is InChI=1S/C26H29ClN2O6/c1-5-29(6-2)13-7-12-28-26(32)25-22(24(31)18-15-17(27)9-11-19(18)35-25)23(30)16-8-10-20(33-3)21(14-16)34-4/h8-11,14-15H,5-7,12-13H2,1-4H3,(H,28,32). The molecule has 0 aliphatic heterocycles. The summed E-state index contributed by atoms with van der Waals surface area (Å²) in [6, 6.07) is 8.97. The van der Waals surface area contributed by atoms with Crippen LogP contribution in [0.5, 0.6) is 11.5 Å². The Bertz CT molecular complexity index is 1280. The molecule has 0 unspecified atom stereocenters. The summed E-state index contributed by atoms with van der Waals surface area (Å²) in [6.45, 7) is 7.15. The van der Waals surface area contributed by atoms with Gasteiger partial charge in [-0.15, -0.1) is 0 Å². The molecule has 0 aliphatic rings. The zero-order valence-corrected chi connectivity index (χ0v) is 21.0. The second-order valence-corrected chi connectivity index (χ2v) is 8.25. The summed E-state index contributed by atoms with van der Waals surface area (Å²) >= 11 is 6.07. The summed E-state index contributed by atoms with van der Waals surface area (Å²) in [6.07, 6.45) is 0.708. The molecule has 0 bridgehead atoms. The Morgan fingerprint density at radius 1 is 1.03 bits per heavy atom. The number of fused-ring (bicyclic) bond motifs is 1. The van der Waals surface area contributed by atoms with Crippen LogP contribution in [0.1, 0.15) is 46.7 Å². The van der Waals surface area contributed by atoms with E-state index in [1.165, 1.54) is 38.5 Å². The maximum absolute atomic E-state index is 13.5. The number of benzene rings is 2. The van der Waals surface area contributed by atoms with Crippen molar-refractivity contribution in [3.05, 3.63) is 68.5 Å². The molecule has 35 heavy (non-hydrogen) atoms. The van der Waals surface area contributed by atoms with E-state index in [-0.39, 0.29) is 27.9 Å². The number of nitrogens with zero attached hydrogens (tertiary/aromatic N) is 1. The lowest BCUT2D eigenvalue weighted by molar-refractivity contribution is 0.0911. The third-order valence-electron chi connectivity index (χ3n) is 5.76. The zero-order valence-electron chi connectivity index (χ0n) is 20.3. The lowest BCUT2D eigenvalue weighted by Crippen LogP contribution is -2.32. The van der Waals surface area contributed by atoms with Crippen LogP contribution in [0.4, 0.5) is 0 Å². The lowest BCUT2D eigenvalue weighted by atomic mass is 9.99. The number of amides is 1. The first-order valence-corrected chi connectivity index (χ1v) is 11.8. The van der Waals surface area contributed by atoms with Crippen LogP contribution in [0.15, 0.2) is 45.6 Å². The molecule has 0 aliphatic carbocycles. The minimum Gasteiger partial charge on any atom is -0.493 e. The summed E-state index contributed by atoms with van der Waals surface area (Å²) in [7, 11) is 2.92. The Balaban J connectivity index is 2.03. The van der Waals surface area contributed by atoms with Crippen molar-refractivity contribution < 1.29 is 23.5 Å². The van der Waals surface area contributed by atoms with Gasteiger partial charge in [-0.05, 0) is 62.5 Å². The number of halogens is 1. The van der Waals surface area contributed by atoms with Gasteiger partial charge < -0.3 is 24.1 Å². The van der Waals surface area contributed by atoms with Crippen LogP contribution in [0.25, 0.3) is 11.0 Å². The number of carbonyl (C=O) groups excluding carboxylic acids is 2. The number of hydrogen-bond acceptors (Lipinski definition) is 7. The van der Waals surface area contributed by atoms with Gasteiger partial charge in [0.05, 0.1) is 19.6 Å². The van der Waals surface area contributed by atoms with Crippen LogP contribution in [0.2, 0.25) is 5.02 Å². The number of rotatable bonds is 11. The van der Waals surface area contributed by atoms with Crippen LogP contribution in [0, 0.1) is 0 Å². The van der Waals surface area contributed by atoms with E-state index >= 15 is 0 Å². The number of carbonyl (C=O) groups is 2. The van der Waals surface area contributed by atoms with E-state index in [1.54, 1.807) is 12.1 Å². The first-order valence-electron chi connectivity index (χ1n) is 11.4. The molecule has 1 aromatic heterocycles. The number of ether oxygens (including phenoxy) is 2. The molecule has 8 nitrogen and oxygen atoms in total. The Kier molecular flexibility index (Phi) is 8.89. The van der Waals surface area contributed by atoms with Gasteiger partial charge in [0.25, 0.3) is 5.91 Å². The van der Waals surface area contributed by atoms with Gasteiger partial charge in [-0.2, -0.15) is 0 Å². The van der Waals surface area contributed by atoms with Gasteiger partial charge in [0.2, 0.25) is 17.0 Å². The van der Waals surface area contributed by atoms with E-state index in [0.717, 1.165) is 19.6 Å². The molecule has 1 amide bonds. The molecule has 0 saturated heterocycles. The summed E-state index contributed by atoms with van der Waals surface area (Å²) < 4.78 is 16.3. The molecule has 1 N–H and O–H groups in total. The van der Waals surface area contributed by atoms with E-state index in [0.29, 0.717) is 29.5 Å². The predicted octanol–water partition coefficient (Wildman–Crippen LogP) is 4.16. The van der Waals surface area contributed by atoms with Crippen LogP contribution >= 0.6 is 11.6 Å². The molecular formula is C26H29ClN2O6. The molecule has 0 saturated carbocycles. The third kappa shape index (κ3) is 5.83. The van der Waals surface area contributed by atoms with Gasteiger partial charge in [0.1, 0.15) is 11.1 Å². The highest BCUT2D eigenvalue weighted by Gasteiger charge is 2.27. The lowest BCUT2D eigenvalue weighted by Gasteiger charge is -2.17. The maximum Gasteiger partial charge on any atom is 0.287 e. The molecule has 1 heterocycles. The van der Waals surface area contributed by atoms with Crippen LogP contribution < -0.4 is 20.2 Å². The average molecular weight is 501 g/mol. The molecular weight excluding hydrogens is 472 g/mol. The highest BCUT2D eigenvalue weighted by atomic mass is 35.5. The molecule has 0 radical (unpaired) electrons. The van der Waals surface area contributed by atoms with Crippen molar-refractivity contribution in [2.75, 3.05) is 40.4 Å². The highest BCUT2D eigenvalue weighted by molar-refractivity contribution is 6.31. The second kappa shape index (κ2) is 11.9. The molecule has 186 valence electrons. The molecule has 2 aromatic carbocycles. The smallest absolute Gasteiger partial charge is 0.287 e. The van der Waals surface area contributed by atoms with Gasteiger partial charge in [0.15, 0.2) is 11.5 Å². The van der Waals surface area contributed by atoms with E-state index in [1.807, 2.05) is 0 Å². The highest BCUT2D eigenvalue weighted by Crippen LogP contribution is 2.29. The monoisotopic (exact) mass is 500 g/mol. The van der Waals surface area contributed by atoms with Gasteiger partial charge >= 0.3 is 0 Å². The first kappa shape index (κ1) is 26.2. The summed E-state index contributed by atoms with van der Waals surface area (Å²) in [5.74, 6) is -0.911. The Morgan fingerprint density at radius 3 is 2.40 bits per heavy atom. The SMILES string of the molecule is CCN(CC)CCCNC(=O)c1oc2ccc(Cl)cc2c(=O)c1C(=O)c1ccc(OC)c(OC)c1. The van der Waals surface area contributed by atoms with E-state index in [4.69, 9.17) is 25.5 Å².